The standard InChI is InChI=1S/C17H26N2O3/c1-13-12-22-9-8-19(13)17(21)18-11-16(10-14(2)20)15-6-4-3-5-7-15/h3-7,13-14,16,20H,8-12H2,1-2H3,(H,18,21). The minimum atomic E-state index is -0.399. The summed E-state index contributed by atoms with van der Waals surface area (Å²) < 4.78 is 5.35. The van der Waals surface area contributed by atoms with Gasteiger partial charge in [-0.05, 0) is 25.8 Å². The van der Waals surface area contributed by atoms with Crippen LogP contribution >= 0.6 is 0 Å². The molecule has 1 fully saturated rings. The molecule has 1 aromatic rings. The molecular weight excluding hydrogens is 280 g/mol. The molecule has 2 amide bonds. The molecule has 1 aliphatic heterocycles. The summed E-state index contributed by atoms with van der Waals surface area (Å²) in [5.41, 5.74) is 1.14. The fraction of sp³-hybridized carbons (Fsp3) is 0.588. The molecule has 1 aromatic carbocycles. The summed E-state index contributed by atoms with van der Waals surface area (Å²) in [7, 11) is 0. The Morgan fingerprint density at radius 3 is 2.82 bits per heavy atom. The minimum absolute atomic E-state index is 0.0534. The number of ether oxygens (including phenoxy) is 1. The van der Waals surface area contributed by atoms with Crippen molar-refractivity contribution in [1.82, 2.24) is 10.2 Å². The third-order valence-electron chi connectivity index (χ3n) is 4.02. The number of benzene rings is 1. The number of carbonyl (C=O) groups excluding carboxylic acids is 1. The van der Waals surface area contributed by atoms with E-state index in [2.05, 4.69) is 5.32 Å². The number of aliphatic hydroxyl groups is 1. The Labute approximate surface area is 132 Å². The second kappa shape index (κ2) is 8.15. The first-order valence-corrected chi connectivity index (χ1v) is 7.93. The van der Waals surface area contributed by atoms with Gasteiger partial charge in [-0.3, -0.25) is 0 Å². The van der Waals surface area contributed by atoms with Gasteiger partial charge in [-0.2, -0.15) is 0 Å². The van der Waals surface area contributed by atoms with E-state index in [1.54, 1.807) is 6.92 Å². The van der Waals surface area contributed by atoms with Crippen LogP contribution in [-0.4, -0.2) is 54.5 Å². The van der Waals surface area contributed by atoms with E-state index in [0.717, 1.165) is 5.56 Å². The highest BCUT2D eigenvalue weighted by Gasteiger charge is 2.24. The van der Waals surface area contributed by atoms with Crippen molar-refractivity contribution in [3.05, 3.63) is 35.9 Å². The normalized spacial score (nSPS) is 21.2. The second-order valence-electron chi connectivity index (χ2n) is 6.00. The van der Waals surface area contributed by atoms with Gasteiger partial charge in [0.05, 0.1) is 25.4 Å². The zero-order chi connectivity index (χ0) is 15.9. The summed E-state index contributed by atoms with van der Waals surface area (Å²) in [6.07, 6.45) is 0.229. The molecule has 0 aliphatic carbocycles. The van der Waals surface area contributed by atoms with Crippen LogP contribution in [0.5, 0.6) is 0 Å². The molecule has 5 heteroatoms. The lowest BCUT2D eigenvalue weighted by atomic mass is 9.93. The van der Waals surface area contributed by atoms with Crippen molar-refractivity contribution in [2.24, 2.45) is 0 Å². The maximum atomic E-state index is 12.3. The van der Waals surface area contributed by atoms with Crippen molar-refractivity contribution in [1.29, 1.82) is 0 Å². The molecule has 0 aromatic heterocycles. The molecule has 0 saturated carbocycles. The van der Waals surface area contributed by atoms with Gasteiger partial charge in [0.15, 0.2) is 0 Å². The third-order valence-corrected chi connectivity index (χ3v) is 4.02. The molecule has 5 nitrogen and oxygen atoms in total. The summed E-state index contributed by atoms with van der Waals surface area (Å²) in [6.45, 7) is 6.10. The highest BCUT2D eigenvalue weighted by atomic mass is 16.5. The molecule has 0 bridgehead atoms. The first kappa shape index (κ1) is 16.8. The minimum Gasteiger partial charge on any atom is -0.393 e. The quantitative estimate of drug-likeness (QED) is 0.874. The summed E-state index contributed by atoms with van der Waals surface area (Å²) in [5.74, 6) is 0.112. The number of hydrogen-bond donors (Lipinski definition) is 2. The van der Waals surface area contributed by atoms with Crippen molar-refractivity contribution in [2.45, 2.75) is 38.3 Å². The van der Waals surface area contributed by atoms with Crippen molar-refractivity contribution in [2.75, 3.05) is 26.3 Å². The van der Waals surface area contributed by atoms with Crippen molar-refractivity contribution < 1.29 is 14.6 Å². The van der Waals surface area contributed by atoms with Gasteiger partial charge in [0, 0.05) is 19.0 Å². The second-order valence-corrected chi connectivity index (χ2v) is 6.00. The number of morpholine rings is 1. The maximum Gasteiger partial charge on any atom is 0.317 e. The van der Waals surface area contributed by atoms with Crippen LogP contribution < -0.4 is 5.32 Å². The number of rotatable bonds is 5. The zero-order valence-corrected chi connectivity index (χ0v) is 13.4. The summed E-state index contributed by atoms with van der Waals surface area (Å²) in [5, 5.41) is 12.7. The van der Waals surface area contributed by atoms with Crippen LogP contribution in [0.25, 0.3) is 0 Å². The van der Waals surface area contributed by atoms with Crippen LogP contribution in [0.3, 0.4) is 0 Å². The average molecular weight is 306 g/mol. The number of nitrogens with zero attached hydrogens (tertiary/aromatic N) is 1. The largest absolute Gasteiger partial charge is 0.393 e. The van der Waals surface area contributed by atoms with E-state index in [4.69, 9.17) is 4.74 Å². The Hall–Kier alpha value is -1.59. The molecule has 1 aliphatic rings. The van der Waals surface area contributed by atoms with E-state index in [9.17, 15) is 9.90 Å². The fourth-order valence-electron chi connectivity index (χ4n) is 2.82. The number of hydrogen-bond acceptors (Lipinski definition) is 3. The van der Waals surface area contributed by atoms with E-state index in [1.165, 1.54) is 0 Å². The SMILES string of the molecule is CC(O)CC(CNC(=O)N1CCOCC1C)c1ccccc1. The Bertz CT molecular complexity index is 464. The first-order chi connectivity index (χ1) is 10.6. The molecular formula is C17H26N2O3. The topological polar surface area (TPSA) is 61.8 Å². The number of carbonyl (C=O) groups is 1. The van der Waals surface area contributed by atoms with Gasteiger partial charge in [-0.1, -0.05) is 30.3 Å². The van der Waals surface area contributed by atoms with Gasteiger partial charge >= 0.3 is 6.03 Å². The molecule has 2 N–H and O–H groups in total. The number of nitrogens with one attached hydrogen (secondary N) is 1. The van der Waals surface area contributed by atoms with Crippen molar-refractivity contribution >= 4 is 6.03 Å². The number of aliphatic hydroxyl groups excluding tert-OH is 1. The lowest BCUT2D eigenvalue weighted by molar-refractivity contribution is 0.0189. The van der Waals surface area contributed by atoms with Crippen LogP contribution in [-0.2, 0) is 4.74 Å². The van der Waals surface area contributed by atoms with Crippen molar-refractivity contribution in [3.63, 3.8) is 0 Å². The van der Waals surface area contributed by atoms with E-state index in [-0.39, 0.29) is 18.0 Å². The molecule has 22 heavy (non-hydrogen) atoms. The molecule has 122 valence electrons. The Balaban J connectivity index is 1.94. The van der Waals surface area contributed by atoms with Crippen LogP contribution in [0.2, 0.25) is 0 Å². The molecule has 3 atom stereocenters. The fourth-order valence-corrected chi connectivity index (χ4v) is 2.82. The smallest absolute Gasteiger partial charge is 0.317 e. The van der Waals surface area contributed by atoms with Crippen LogP contribution in [0.4, 0.5) is 4.79 Å². The van der Waals surface area contributed by atoms with E-state index < -0.39 is 6.10 Å². The van der Waals surface area contributed by atoms with Crippen LogP contribution in [0.1, 0.15) is 31.7 Å². The molecule has 3 unspecified atom stereocenters. The number of amides is 2. The van der Waals surface area contributed by atoms with Gasteiger partial charge in [0.2, 0.25) is 0 Å². The summed E-state index contributed by atoms with van der Waals surface area (Å²) in [6, 6.07) is 10.1. The Morgan fingerprint density at radius 2 is 2.18 bits per heavy atom. The van der Waals surface area contributed by atoms with E-state index in [1.807, 2.05) is 42.2 Å². The van der Waals surface area contributed by atoms with Gasteiger partial charge < -0.3 is 20.1 Å². The average Bonchev–Trinajstić information content (AvgIpc) is 2.52. The predicted octanol–water partition coefficient (Wildman–Crippen LogP) is 1.97. The van der Waals surface area contributed by atoms with E-state index in [0.29, 0.717) is 32.7 Å². The van der Waals surface area contributed by atoms with Gasteiger partial charge in [-0.25, -0.2) is 4.79 Å². The van der Waals surface area contributed by atoms with Crippen LogP contribution in [0.15, 0.2) is 30.3 Å². The Morgan fingerprint density at radius 1 is 1.45 bits per heavy atom. The van der Waals surface area contributed by atoms with Gasteiger partial charge in [0.1, 0.15) is 0 Å². The molecule has 1 heterocycles. The number of urea groups is 1. The van der Waals surface area contributed by atoms with Crippen LogP contribution in [0, 0.1) is 0 Å². The first-order valence-electron chi connectivity index (χ1n) is 7.93. The zero-order valence-electron chi connectivity index (χ0n) is 13.4. The molecule has 0 spiro atoms. The summed E-state index contributed by atoms with van der Waals surface area (Å²) >= 11 is 0. The lowest BCUT2D eigenvalue weighted by Gasteiger charge is -2.33. The van der Waals surface area contributed by atoms with Gasteiger partial charge in [0.25, 0.3) is 0 Å². The lowest BCUT2D eigenvalue weighted by Crippen LogP contribution is -2.51. The van der Waals surface area contributed by atoms with Gasteiger partial charge in [-0.15, -0.1) is 0 Å². The summed E-state index contributed by atoms with van der Waals surface area (Å²) in [4.78, 5) is 14.1. The van der Waals surface area contributed by atoms with E-state index >= 15 is 0 Å². The third kappa shape index (κ3) is 4.71. The predicted molar refractivity (Wildman–Crippen MR) is 85.9 cm³/mol. The molecule has 2 rings (SSSR count). The highest BCUT2D eigenvalue weighted by Crippen LogP contribution is 2.20. The molecule has 0 radical (unpaired) electrons. The maximum absolute atomic E-state index is 12.3. The van der Waals surface area contributed by atoms with Crippen molar-refractivity contribution in [3.8, 4) is 0 Å². The Kier molecular flexibility index (Phi) is 6.21. The highest BCUT2D eigenvalue weighted by molar-refractivity contribution is 5.74. The monoisotopic (exact) mass is 306 g/mol. The molecule has 1 saturated heterocycles.